The number of ether oxygens (including phenoxy) is 1. The number of nitrogens with zero attached hydrogens (tertiary/aromatic N) is 3. The van der Waals surface area contributed by atoms with Gasteiger partial charge < -0.3 is 15.4 Å². The molecule has 2 rings (SSSR count). The maximum atomic E-state index is 12.1. The van der Waals surface area contributed by atoms with Gasteiger partial charge >= 0.3 is 6.18 Å². The minimum absolute atomic E-state index is 0.0684. The van der Waals surface area contributed by atoms with Crippen LogP contribution in [-0.2, 0) is 13.1 Å². The quantitative estimate of drug-likeness (QED) is 0.550. The van der Waals surface area contributed by atoms with E-state index in [1.54, 1.807) is 17.4 Å². The van der Waals surface area contributed by atoms with Gasteiger partial charge in [-0.3, -0.25) is 0 Å². The predicted octanol–water partition coefficient (Wildman–Crippen LogP) is 3.35. The molecule has 0 aliphatic rings. The van der Waals surface area contributed by atoms with Crippen LogP contribution in [0.4, 0.5) is 13.2 Å². The van der Waals surface area contributed by atoms with Crippen molar-refractivity contribution < 1.29 is 17.9 Å². The van der Waals surface area contributed by atoms with Crippen molar-refractivity contribution in [1.29, 1.82) is 0 Å². The molecule has 2 heterocycles. The van der Waals surface area contributed by atoms with E-state index >= 15 is 0 Å². The van der Waals surface area contributed by atoms with Crippen LogP contribution in [-0.4, -0.2) is 35.3 Å². The zero-order valence-corrected chi connectivity index (χ0v) is 16.2. The summed E-state index contributed by atoms with van der Waals surface area (Å²) in [5, 5.41) is 7.42. The zero-order chi connectivity index (χ0) is 19.9. The number of alkyl halides is 3. The van der Waals surface area contributed by atoms with Gasteiger partial charge in [-0.1, -0.05) is 6.07 Å². The molecule has 0 amide bonds. The number of thiazole rings is 1. The molecule has 10 heteroatoms. The van der Waals surface area contributed by atoms with Gasteiger partial charge in [0.2, 0.25) is 5.88 Å². The Morgan fingerprint density at radius 2 is 2.04 bits per heavy atom. The summed E-state index contributed by atoms with van der Waals surface area (Å²) in [7, 11) is 0. The molecule has 0 fully saturated rings. The summed E-state index contributed by atoms with van der Waals surface area (Å²) in [6.07, 6.45) is -2.93. The third-order valence-electron chi connectivity index (χ3n) is 3.36. The fourth-order valence-corrected chi connectivity index (χ4v) is 3.04. The first kappa shape index (κ1) is 20.9. The van der Waals surface area contributed by atoms with Crippen molar-refractivity contribution in [3.8, 4) is 5.88 Å². The molecular formula is C17H22F3N5OS. The summed E-state index contributed by atoms with van der Waals surface area (Å²) in [6, 6.07) is 3.04. The number of aromatic nitrogens is 2. The topological polar surface area (TPSA) is 71.4 Å². The predicted molar refractivity (Wildman–Crippen MR) is 99.0 cm³/mol. The average molecular weight is 401 g/mol. The molecule has 0 spiro atoms. The van der Waals surface area contributed by atoms with Crippen molar-refractivity contribution in [2.45, 2.75) is 40.0 Å². The van der Waals surface area contributed by atoms with E-state index in [9.17, 15) is 13.2 Å². The molecule has 0 aliphatic carbocycles. The Hall–Kier alpha value is -2.36. The maximum Gasteiger partial charge on any atom is 0.422 e. The summed E-state index contributed by atoms with van der Waals surface area (Å²) < 4.78 is 41.0. The molecule has 0 radical (unpaired) electrons. The number of pyridine rings is 1. The number of rotatable bonds is 7. The van der Waals surface area contributed by atoms with Crippen LogP contribution >= 0.6 is 11.3 Å². The van der Waals surface area contributed by atoms with Crippen molar-refractivity contribution >= 4 is 17.3 Å². The highest BCUT2D eigenvalue weighted by atomic mass is 32.1. The monoisotopic (exact) mass is 401 g/mol. The summed E-state index contributed by atoms with van der Waals surface area (Å²) in [6.45, 7) is 6.20. The van der Waals surface area contributed by atoms with Crippen LogP contribution < -0.4 is 15.4 Å². The van der Waals surface area contributed by atoms with E-state index in [2.05, 4.69) is 30.3 Å². The van der Waals surface area contributed by atoms with Crippen LogP contribution in [0.15, 0.2) is 23.3 Å². The number of aliphatic imine (C=N–C) groups is 1. The smallest absolute Gasteiger partial charge is 0.422 e. The molecule has 0 saturated heterocycles. The fourth-order valence-electron chi connectivity index (χ4n) is 2.16. The van der Waals surface area contributed by atoms with Gasteiger partial charge in [-0.2, -0.15) is 13.2 Å². The minimum Gasteiger partial charge on any atom is -0.468 e. The third kappa shape index (κ3) is 7.41. The van der Waals surface area contributed by atoms with E-state index < -0.39 is 12.8 Å². The molecule has 2 N–H and O–H groups in total. The first-order valence-corrected chi connectivity index (χ1v) is 9.18. The number of guanidine groups is 1. The zero-order valence-electron chi connectivity index (χ0n) is 15.4. The first-order chi connectivity index (χ1) is 12.8. The SMILES string of the molecule is CCNC(=NCc1ccc(OCC(F)(F)F)nc1)NCc1sc(C)nc1C. The lowest BCUT2D eigenvalue weighted by Crippen LogP contribution is -2.36. The van der Waals surface area contributed by atoms with Crippen molar-refractivity contribution in [2.24, 2.45) is 4.99 Å². The summed E-state index contributed by atoms with van der Waals surface area (Å²) in [5.74, 6) is 0.571. The van der Waals surface area contributed by atoms with Gasteiger partial charge in [-0.25, -0.2) is 15.0 Å². The highest BCUT2D eigenvalue weighted by molar-refractivity contribution is 7.11. The molecule has 148 valence electrons. The Labute approximate surface area is 159 Å². The largest absolute Gasteiger partial charge is 0.468 e. The van der Waals surface area contributed by atoms with Gasteiger partial charge in [-0.05, 0) is 26.3 Å². The standard InChI is InChI=1S/C17H22F3N5OS/c1-4-21-16(24-9-14-11(2)25-12(3)27-14)23-8-13-5-6-15(22-7-13)26-10-17(18,19)20/h5-7H,4,8-10H2,1-3H3,(H2,21,23,24). The molecule has 2 aromatic rings. The molecule has 2 aromatic heterocycles. The van der Waals surface area contributed by atoms with Gasteiger partial charge in [0, 0.05) is 23.7 Å². The molecule has 0 atom stereocenters. The fraction of sp³-hybridized carbons (Fsp3) is 0.471. The second-order valence-electron chi connectivity index (χ2n) is 5.70. The van der Waals surface area contributed by atoms with Crippen molar-refractivity contribution in [3.63, 3.8) is 0 Å². The normalized spacial score (nSPS) is 12.1. The maximum absolute atomic E-state index is 12.1. The second kappa shape index (κ2) is 9.54. The van der Waals surface area contributed by atoms with Gasteiger partial charge in [0.05, 0.1) is 23.8 Å². The molecule has 0 aliphatic heterocycles. The van der Waals surface area contributed by atoms with E-state index in [4.69, 9.17) is 0 Å². The van der Waals surface area contributed by atoms with Crippen LogP contribution in [0.5, 0.6) is 5.88 Å². The van der Waals surface area contributed by atoms with Gasteiger partial charge in [0.15, 0.2) is 12.6 Å². The molecule has 0 aromatic carbocycles. The van der Waals surface area contributed by atoms with Crippen LogP contribution in [0.25, 0.3) is 0 Å². The minimum atomic E-state index is -4.38. The molecule has 0 bridgehead atoms. The van der Waals surface area contributed by atoms with Crippen molar-refractivity contribution in [2.75, 3.05) is 13.2 Å². The lowest BCUT2D eigenvalue weighted by molar-refractivity contribution is -0.154. The number of aryl methyl sites for hydroxylation is 2. The van der Waals surface area contributed by atoms with E-state index in [-0.39, 0.29) is 5.88 Å². The van der Waals surface area contributed by atoms with Crippen LogP contribution in [0.3, 0.4) is 0 Å². The van der Waals surface area contributed by atoms with Crippen LogP contribution in [0.2, 0.25) is 0 Å². The van der Waals surface area contributed by atoms with Gasteiger partial charge in [0.25, 0.3) is 0 Å². The van der Waals surface area contributed by atoms with E-state index in [1.165, 1.54) is 12.3 Å². The average Bonchev–Trinajstić information content (AvgIpc) is 2.93. The lowest BCUT2D eigenvalue weighted by Gasteiger charge is -2.11. The summed E-state index contributed by atoms with van der Waals surface area (Å²) >= 11 is 1.64. The van der Waals surface area contributed by atoms with Crippen LogP contribution in [0, 0.1) is 13.8 Å². The molecule has 0 saturated carbocycles. The van der Waals surface area contributed by atoms with Crippen molar-refractivity contribution in [1.82, 2.24) is 20.6 Å². The molecule has 0 unspecified atom stereocenters. The molecular weight excluding hydrogens is 379 g/mol. The first-order valence-electron chi connectivity index (χ1n) is 8.36. The Morgan fingerprint density at radius 1 is 1.26 bits per heavy atom. The molecule has 27 heavy (non-hydrogen) atoms. The Bertz CT molecular complexity index is 759. The Kier molecular flexibility index (Phi) is 7.40. The number of nitrogens with one attached hydrogen (secondary N) is 2. The second-order valence-corrected chi connectivity index (χ2v) is 6.99. The van der Waals surface area contributed by atoms with E-state index in [0.29, 0.717) is 25.6 Å². The summed E-state index contributed by atoms with van der Waals surface area (Å²) in [4.78, 5) is 13.9. The number of hydrogen-bond acceptors (Lipinski definition) is 5. The van der Waals surface area contributed by atoms with Gasteiger partial charge in [-0.15, -0.1) is 11.3 Å². The molecule has 6 nitrogen and oxygen atoms in total. The third-order valence-corrected chi connectivity index (χ3v) is 4.43. The van der Waals surface area contributed by atoms with Crippen LogP contribution in [0.1, 0.15) is 28.1 Å². The highest BCUT2D eigenvalue weighted by Crippen LogP contribution is 2.18. The number of halogens is 3. The van der Waals surface area contributed by atoms with E-state index in [0.717, 1.165) is 21.1 Å². The van der Waals surface area contributed by atoms with Gasteiger partial charge in [0.1, 0.15) is 0 Å². The Morgan fingerprint density at radius 3 is 2.59 bits per heavy atom. The summed E-state index contributed by atoms with van der Waals surface area (Å²) in [5.41, 5.74) is 1.76. The van der Waals surface area contributed by atoms with Crippen molar-refractivity contribution in [3.05, 3.63) is 39.5 Å². The highest BCUT2D eigenvalue weighted by Gasteiger charge is 2.28. The number of hydrogen-bond donors (Lipinski definition) is 2. The lowest BCUT2D eigenvalue weighted by atomic mass is 10.3. The van der Waals surface area contributed by atoms with E-state index in [1.807, 2.05) is 20.8 Å². The Balaban J connectivity index is 1.92.